The van der Waals surface area contributed by atoms with E-state index in [9.17, 15) is 9.18 Å². The molecule has 1 aromatic heterocycles. The smallest absolute Gasteiger partial charge is 0.144 e. The standard InChI is InChI=1S/C24H27BrFN3O.3BrH/c25-16-21(30)11-14-28-12-9-18(10-13-28)15-24-27-22-3-1-2-4-23(22)29(24)17-19-5-7-20(26)8-6-19;;;/h1-8,18H,9-17H2;3*1H. The molecule has 9 heteroatoms. The zero-order valence-corrected chi connectivity index (χ0v) is 25.0. The maximum atomic E-state index is 13.3. The monoisotopic (exact) mass is 711 g/mol. The maximum absolute atomic E-state index is 13.3. The second-order valence-corrected chi connectivity index (χ2v) is 8.70. The Morgan fingerprint density at radius 2 is 1.70 bits per heavy atom. The summed E-state index contributed by atoms with van der Waals surface area (Å²) in [6, 6.07) is 15.0. The number of rotatable bonds is 8. The molecule has 4 nitrogen and oxygen atoms in total. The van der Waals surface area contributed by atoms with Crippen LogP contribution in [-0.4, -0.2) is 45.2 Å². The lowest BCUT2D eigenvalue weighted by Gasteiger charge is -2.31. The van der Waals surface area contributed by atoms with E-state index in [1.165, 1.54) is 12.1 Å². The van der Waals surface area contributed by atoms with Gasteiger partial charge in [-0.1, -0.05) is 40.2 Å². The number of aromatic nitrogens is 2. The summed E-state index contributed by atoms with van der Waals surface area (Å²) in [5.41, 5.74) is 3.22. The minimum absolute atomic E-state index is 0. The van der Waals surface area contributed by atoms with Gasteiger partial charge in [0.25, 0.3) is 0 Å². The van der Waals surface area contributed by atoms with E-state index in [0.29, 0.717) is 24.2 Å². The summed E-state index contributed by atoms with van der Waals surface area (Å²) in [6.07, 6.45) is 3.83. The predicted molar refractivity (Wildman–Crippen MR) is 152 cm³/mol. The molecule has 0 saturated carbocycles. The highest BCUT2D eigenvalue weighted by atomic mass is 79.9. The number of hydrogen-bond donors (Lipinski definition) is 0. The average molecular weight is 715 g/mol. The molecule has 2 heterocycles. The zero-order valence-electron chi connectivity index (χ0n) is 18.3. The summed E-state index contributed by atoms with van der Waals surface area (Å²) in [5.74, 6) is 1.76. The normalized spacial score (nSPS) is 14.2. The van der Waals surface area contributed by atoms with E-state index in [1.54, 1.807) is 0 Å². The van der Waals surface area contributed by atoms with E-state index in [0.717, 1.165) is 61.3 Å². The van der Waals surface area contributed by atoms with Gasteiger partial charge in [-0.3, -0.25) is 4.79 Å². The lowest BCUT2D eigenvalue weighted by atomic mass is 9.93. The van der Waals surface area contributed by atoms with Crippen molar-refractivity contribution in [2.75, 3.05) is 25.0 Å². The van der Waals surface area contributed by atoms with Gasteiger partial charge in [-0.15, -0.1) is 50.9 Å². The highest BCUT2D eigenvalue weighted by Gasteiger charge is 2.22. The molecule has 0 spiro atoms. The van der Waals surface area contributed by atoms with E-state index in [2.05, 4.69) is 37.5 Å². The third kappa shape index (κ3) is 8.23. The third-order valence-corrected chi connectivity index (χ3v) is 6.65. The number of alkyl halides is 1. The molecule has 0 aliphatic carbocycles. The van der Waals surface area contributed by atoms with Crippen molar-refractivity contribution in [3.05, 3.63) is 65.7 Å². The number of para-hydroxylation sites is 2. The number of nitrogens with zero attached hydrogens (tertiary/aromatic N) is 3. The first-order chi connectivity index (χ1) is 14.6. The number of carbonyl (C=O) groups excluding carboxylic acids is 1. The minimum atomic E-state index is -0.209. The van der Waals surface area contributed by atoms with Crippen LogP contribution in [0, 0.1) is 11.7 Å². The Kier molecular flexibility index (Phi) is 13.6. The van der Waals surface area contributed by atoms with Crippen LogP contribution in [0.4, 0.5) is 4.39 Å². The lowest BCUT2D eigenvalue weighted by Crippen LogP contribution is -2.36. The molecule has 1 fully saturated rings. The molecule has 33 heavy (non-hydrogen) atoms. The van der Waals surface area contributed by atoms with Crippen molar-refractivity contribution in [1.82, 2.24) is 14.5 Å². The number of benzene rings is 2. The van der Waals surface area contributed by atoms with Gasteiger partial charge in [0.15, 0.2) is 0 Å². The predicted octanol–water partition coefficient (Wildman–Crippen LogP) is 6.57. The zero-order chi connectivity index (χ0) is 20.9. The summed E-state index contributed by atoms with van der Waals surface area (Å²) >= 11 is 3.24. The van der Waals surface area contributed by atoms with Gasteiger partial charge in [0.1, 0.15) is 17.4 Å². The van der Waals surface area contributed by atoms with Gasteiger partial charge in [0, 0.05) is 25.9 Å². The van der Waals surface area contributed by atoms with Crippen molar-refractivity contribution in [2.45, 2.75) is 32.2 Å². The third-order valence-electron chi connectivity index (χ3n) is 6.02. The SMILES string of the molecule is Br.Br.Br.O=C(CBr)CCN1CCC(Cc2nc3ccccc3n2Cc2ccc(F)cc2)CC1. The van der Waals surface area contributed by atoms with Crippen LogP contribution in [0.2, 0.25) is 0 Å². The van der Waals surface area contributed by atoms with Crippen molar-refractivity contribution < 1.29 is 9.18 Å². The molecule has 0 amide bonds. The van der Waals surface area contributed by atoms with E-state index in [1.807, 2.05) is 24.3 Å². The van der Waals surface area contributed by atoms with Gasteiger partial charge in [0.2, 0.25) is 0 Å². The Bertz CT molecular complexity index is 1000. The first kappa shape index (κ1) is 30.4. The Morgan fingerprint density at radius 1 is 1.03 bits per heavy atom. The topological polar surface area (TPSA) is 38.1 Å². The van der Waals surface area contributed by atoms with Crippen LogP contribution in [0.1, 0.15) is 30.7 Å². The maximum Gasteiger partial charge on any atom is 0.144 e. The van der Waals surface area contributed by atoms with Crippen molar-refractivity contribution in [1.29, 1.82) is 0 Å². The molecule has 0 bridgehead atoms. The molecular weight excluding hydrogens is 685 g/mol. The number of ketones is 1. The number of hydrogen-bond acceptors (Lipinski definition) is 3. The van der Waals surface area contributed by atoms with Gasteiger partial charge in [-0.2, -0.15) is 0 Å². The van der Waals surface area contributed by atoms with Crippen molar-refractivity contribution in [3.63, 3.8) is 0 Å². The molecule has 3 aromatic rings. The summed E-state index contributed by atoms with van der Waals surface area (Å²) in [4.78, 5) is 18.9. The minimum Gasteiger partial charge on any atom is -0.323 e. The van der Waals surface area contributed by atoms with Gasteiger partial charge < -0.3 is 9.47 Å². The average Bonchev–Trinajstić information content (AvgIpc) is 3.11. The second kappa shape index (κ2) is 14.7. The van der Waals surface area contributed by atoms with Crippen LogP contribution in [0.5, 0.6) is 0 Å². The van der Waals surface area contributed by atoms with Gasteiger partial charge in [-0.25, -0.2) is 9.37 Å². The molecule has 0 unspecified atom stereocenters. The number of Topliss-reactive ketones (excluding diaryl/α,β-unsaturated/α-hetero) is 1. The molecule has 1 aliphatic heterocycles. The molecule has 1 aliphatic rings. The van der Waals surface area contributed by atoms with Crippen LogP contribution in [-0.2, 0) is 17.8 Å². The number of fused-ring (bicyclic) bond motifs is 1. The highest BCUT2D eigenvalue weighted by molar-refractivity contribution is 9.09. The molecule has 1 saturated heterocycles. The molecule has 4 rings (SSSR count). The molecule has 0 N–H and O–H groups in total. The van der Waals surface area contributed by atoms with Crippen LogP contribution in [0.3, 0.4) is 0 Å². The summed E-state index contributed by atoms with van der Waals surface area (Å²) in [6.45, 7) is 3.64. The molecule has 182 valence electrons. The van der Waals surface area contributed by atoms with E-state index in [4.69, 9.17) is 4.98 Å². The number of imidazole rings is 1. The van der Waals surface area contributed by atoms with Crippen molar-refractivity contribution >= 4 is 83.7 Å². The quantitative estimate of drug-likeness (QED) is 0.248. The van der Waals surface area contributed by atoms with E-state index >= 15 is 0 Å². The van der Waals surface area contributed by atoms with Gasteiger partial charge in [-0.05, 0) is 61.7 Å². The van der Waals surface area contributed by atoms with E-state index < -0.39 is 0 Å². The van der Waals surface area contributed by atoms with Crippen LogP contribution in [0.15, 0.2) is 48.5 Å². The highest BCUT2D eigenvalue weighted by Crippen LogP contribution is 2.25. The van der Waals surface area contributed by atoms with Crippen LogP contribution in [0.25, 0.3) is 11.0 Å². The summed E-state index contributed by atoms with van der Waals surface area (Å²) in [5, 5.41) is 0.452. The fourth-order valence-corrected chi connectivity index (χ4v) is 4.53. The Labute approximate surface area is 234 Å². The second-order valence-electron chi connectivity index (χ2n) is 8.14. The molecule has 2 aromatic carbocycles. The summed E-state index contributed by atoms with van der Waals surface area (Å²) < 4.78 is 15.6. The van der Waals surface area contributed by atoms with Gasteiger partial charge in [0.05, 0.1) is 16.4 Å². The first-order valence-electron chi connectivity index (χ1n) is 10.6. The van der Waals surface area contributed by atoms with Crippen molar-refractivity contribution in [3.8, 4) is 0 Å². The Morgan fingerprint density at radius 3 is 2.36 bits per heavy atom. The Balaban J connectivity index is 0.00000181. The lowest BCUT2D eigenvalue weighted by molar-refractivity contribution is -0.116. The largest absolute Gasteiger partial charge is 0.323 e. The van der Waals surface area contributed by atoms with Crippen molar-refractivity contribution in [2.24, 2.45) is 5.92 Å². The molecule has 0 atom stereocenters. The van der Waals surface area contributed by atoms with E-state index in [-0.39, 0.29) is 62.5 Å². The number of piperidine rings is 1. The van der Waals surface area contributed by atoms with Crippen LogP contribution >= 0.6 is 66.9 Å². The first-order valence-corrected chi connectivity index (χ1v) is 11.7. The van der Waals surface area contributed by atoms with Gasteiger partial charge >= 0.3 is 0 Å². The fraction of sp³-hybridized carbons (Fsp3) is 0.417. The number of carbonyl (C=O) groups is 1. The number of halogens is 5. The fourth-order valence-electron chi connectivity index (χ4n) is 4.25. The Hall–Kier alpha value is -0.610. The molecular formula is C24H30Br4FN3O. The van der Waals surface area contributed by atoms with Crippen LogP contribution < -0.4 is 0 Å². The number of likely N-dealkylation sites (tertiary alicyclic amines) is 1. The molecule has 0 radical (unpaired) electrons. The summed E-state index contributed by atoms with van der Waals surface area (Å²) in [7, 11) is 0.